The number of benzene rings is 1. The average Bonchev–Trinajstić information content (AvgIpc) is 2.88. The van der Waals surface area contributed by atoms with Crippen LogP contribution >= 0.6 is 0 Å². The summed E-state index contributed by atoms with van der Waals surface area (Å²) >= 11 is 0. The Morgan fingerprint density at radius 3 is 2.71 bits per heavy atom. The predicted molar refractivity (Wildman–Crippen MR) is 53.9 cm³/mol. The highest BCUT2D eigenvalue weighted by molar-refractivity contribution is 5.82. The molecule has 0 aliphatic rings. The summed E-state index contributed by atoms with van der Waals surface area (Å²) in [4.78, 5) is 0. The van der Waals surface area contributed by atoms with E-state index >= 15 is 0 Å². The molecule has 0 radical (unpaired) electrons. The van der Waals surface area contributed by atoms with Gasteiger partial charge < -0.3 is 8.83 Å². The van der Waals surface area contributed by atoms with E-state index in [0.717, 1.165) is 22.3 Å². The minimum absolute atomic E-state index is 0.883. The van der Waals surface area contributed by atoms with E-state index in [0.29, 0.717) is 0 Å². The van der Waals surface area contributed by atoms with E-state index < -0.39 is 0 Å². The van der Waals surface area contributed by atoms with Crippen molar-refractivity contribution in [2.24, 2.45) is 0 Å². The smallest absolute Gasteiger partial charge is 0.133 e. The Bertz CT molecular complexity index is 546. The molecule has 0 saturated heterocycles. The predicted octanol–water partition coefficient (Wildman–Crippen LogP) is 3.69. The molecule has 2 aromatic heterocycles. The third kappa shape index (κ3) is 1.04. The lowest BCUT2D eigenvalue weighted by Gasteiger charge is -1.95. The van der Waals surface area contributed by atoms with Gasteiger partial charge in [-0.15, -0.1) is 0 Å². The molecule has 0 unspecified atom stereocenters. The monoisotopic (exact) mass is 184 g/mol. The summed E-state index contributed by atoms with van der Waals surface area (Å²) in [5.74, 6) is 0.883. The van der Waals surface area contributed by atoms with E-state index in [1.54, 1.807) is 12.5 Å². The van der Waals surface area contributed by atoms with Gasteiger partial charge in [-0.2, -0.15) is 0 Å². The first-order valence-corrected chi connectivity index (χ1v) is 4.45. The van der Waals surface area contributed by atoms with Crippen LogP contribution in [0.1, 0.15) is 0 Å². The van der Waals surface area contributed by atoms with E-state index in [1.807, 2.05) is 30.3 Å². The Kier molecular flexibility index (Phi) is 1.47. The van der Waals surface area contributed by atoms with Gasteiger partial charge in [0.05, 0.1) is 12.5 Å². The van der Waals surface area contributed by atoms with E-state index in [2.05, 4.69) is 6.07 Å². The maximum atomic E-state index is 5.31. The fraction of sp³-hybridized carbons (Fsp3) is 0. The second-order valence-corrected chi connectivity index (χ2v) is 3.15. The van der Waals surface area contributed by atoms with Gasteiger partial charge in [-0.3, -0.25) is 0 Å². The van der Waals surface area contributed by atoms with Crippen molar-refractivity contribution < 1.29 is 8.83 Å². The van der Waals surface area contributed by atoms with Gasteiger partial charge in [0.1, 0.15) is 11.3 Å². The topological polar surface area (TPSA) is 26.3 Å². The fourth-order valence-corrected chi connectivity index (χ4v) is 1.56. The molecule has 3 rings (SSSR count). The van der Waals surface area contributed by atoms with Crippen LogP contribution in [-0.4, -0.2) is 0 Å². The molecular formula is C12H8O2. The second kappa shape index (κ2) is 2.77. The van der Waals surface area contributed by atoms with E-state index in [1.165, 1.54) is 0 Å². The lowest BCUT2D eigenvalue weighted by Crippen LogP contribution is -1.72. The number of hydrogen-bond donors (Lipinski definition) is 0. The van der Waals surface area contributed by atoms with Crippen molar-refractivity contribution in [1.82, 2.24) is 0 Å². The number of furan rings is 2. The molecule has 0 fully saturated rings. The van der Waals surface area contributed by atoms with Gasteiger partial charge >= 0.3 is 0 Å². The molecule has 68 valence electrons. The summed E-state index contributed by atoms with van der Waals surface area (Å²) in [7, 11) is 0. The molecule has 3 aromatic rings. The molecule has 0 aliphatic heterocycles. The zero-order valence-electron chi connectivity index (χ0n) is 7.44. The molecule has 2 nitrogen and oxygen atoms in total. The molecule has 0 aliphatic carbocycles. The quantitative estimate of drug-likeness (QED) is 0.576. The molecule has 0 N–H and O–H groups in total. The van der Waals surface area contributed by atoms with Crippen molar-refractivity contribution in [2.45, 2.75) is 0 Å². The minimum atomic E-state index is 0.883. The van der Waals surface area contributed by atoms with E-state index in [4.69, 9.17) is 8.83 Å². The standard InChI is InChI=1S/C12H8O2/c1-2-11(13-6-1)9-3-4-12-10(8-9)5-7-14-12/h1-8H. The van der Waals surface area contributed by atoms with Gasteiger partial charge in [0.2, 0.25) is 0 Å². The molecule has 0 atom stereocenters. The SMILES string of the molecule is c1coc(-c2ccc3occc3c2)c1. The van der Waals surface area contributed by atoms with Crippen LogP contribution in [0.5, 0.6) is 0 Å². The normalized spacial score (nSPS) is 10.9. The Morgan fingerprint density at radius 2 is 1.86 bits per heavy atom. The minimum Gasteiger partial charge on any atom is -0.464 e. The maximum Gasteiger partial charge on any atom is 0.133 e. The van der Waals surface area contributed by atoms with Gasteiger partial charge in [0.15, 0.2) is 0 Å². The zero-order valence-corrected chi connectivity index (χ0v) is 7.44. The first-order valence-electron chi connectivity index (χ1n) is 4.45. The lowest BCUT2D eigenvalue weighted by molar-refractivity contribution is 0.582. The summed E-state index contributed by atoms with van der Waals surface area (Å²) in [5.41, 5.74) is 1.98. The molecule has 0 bridgehead atoms. The Hall–Kier alpha value is -1.96. The van der Waals surface area contributed by atoms with Crippen LogP contribution in [0.25, 0.3) is 22.3 Å². The third-order valence-electron chi connectivity index (χ3n) is 2.26. The second-order valence-electron chi connectivity index (χ2n) is 3.15. The molecule has 0 saturated carbocycles. The van der Waals surface area contributed by atoms with Crippen molar-refractivity contribution in [3.05, 3.63) is 48.9 Å². The van der Waals surface area contributed by atoms with Crippen LogP contribution in [0.15, 0.2) is 57.8 Å². The van der Waals surface area contributed by atoms with Crippen LogP contribution in [0.2, 0.25) is 0 Å². The number of hydrogen-bond acceptors (Lipinski definition) is 2. The summed E-state index contributed by atoms with van der Waals surface area (Å²) in [5, 5.41) is 1.10. The first-order chi connectivity index (χ1) is 6.93. The van der Waals surface area contributed by atoms with Crippen LogP contribution in [-0.2, 0) is 0 Å². The number of fused-ring (bicyclic) bond motifs is 1. The van der Waals surface area contributed by atoms with Crippen LogP contribution < -0.4 is 0 Å². The van der Waals surface area contributed by atoms with Crippen molar-refractivity contribution in [3.8, 4) is 11.3 Å². The van der Waals surface area contributed by atoms with Gasteiger partial charge in [-0.1, -0.05) is 0 Å². The summed E-state index contributed by atoms with van der Waals surface area (Å²) in [6, 6.07) is 11.8. The summed E-state index contributed by atoms with van der Waals surface area (Å²) in [6.45, 7) is 0. The highest BCUT2D eigenvalue weighted by atomic mass is 16.3. The largest absolute Gasteiger partial charge is 0.464 e. The Labute approximate surface area is 80.8 Å². The van der Waals surface area contributed by atoms with Crippen LogP contribution in [0, 0.1) is 0 Å². The van der Waals surface area contributed by atoms with Crippen LogP contribution in [0.4, 0.5) is 0 Å². The van der Waals surface area contributed by atoms with Gasteiger partial charge in [0.25, 0.3) is 0 Å². The molecule has 2 heterocycles. The van der Waals surface area contributed by atoms with Crippen molar-refractivity contribution in [1.29, 1.82) is 0 Å². The van der Waals surface area contributed by atoms with Gasteiger partial charge in [-0.25, -0.2) is 0 Å². The highest BCUT2D eigenvalue weighted by Gasteiger charge is 2.02. The molecule has 0 spiro atoms. The first kappa shape index (κ1) is 7.44. The van der Waals surface area contributed by atoms with Crippen molar-refractivity contribution in [3.63, 3.8) is 0 Å². The molecule has 14 heavy (non-hydrogen) atoms. The van der Waals surface area contributed by atoms with Crippen LogP contribution in [0.3, 0.4) is 0 Å². The van der Waals surface area contributed by atoms with Crippen molar-refractivity contribution in [2.75, 3.05) is 0 Å². The lowest BCUT2D eigenvalue weighted by atomic mass is 10.1. The number of rotatable bonds is 1. The van der Waals surface area contributed by atoms with Crippen molar-refractivity contribution >= 4 is 11.0 Å². The highest BCUT2D eigenvalue weighted by Crippen LogP contribution is 2.25. The third-order valence-corrected chi connectivity index (χ3v) is 2.26. The van der Waals surface area contributed by atoms with E-state index in [-0.39, 0.29) is 0 Å². The molecule has 0 amide bonds. The molecular weight excluding hydrogens is 176 g/mol. The molecule has 2 heteroatoms. The summed E-state index contributed by atoms with van der Waals surface area (Å²) in [6.07, 6.45) is 3.37. The zero-order chi connectivity index (χ0) is 9.38. The Morgan fingerprint density at radius 1 is 0.857 bits per heavy atom. The maximum absolute atomic E-state index is 5.31. The van der Waals surface area contributed by atoms with E-state index in [9.17, 15) is 0 Å². The Balaban J connectivity index is 2.23. The molecule has 1 aromatic carbocycles. The van der Waals surface area contributed by atoms with Gasteiger partial charge in [0, 0.05) is 10.9 Å². The fourth-order valence-electron chi connectivity index (χ4n) is 1.56. The average molecular weight is 184 g/mol. The summed E-state index contributed by atoms with van der Waals surface area (Å²) < 4.78 is 10.6. The van der Waals surface area contributed by atoms with Gasteiger partial charge in [-0.05, 0) is 36.4 Å².